The maximum absolute atomic E-state index is 12.7. The van der Waals surface area contributed by atoms with Crippen molar-refractivity contribution < 1.29 is 39.3 Å². The molecule has 0 fully saturated rings. The number of nitrogens with one attached hydrogen (secondary N) is 3. The highest BCUT2D eigenvalue weighted by Crippen LogP contribution is 2.12. The Kier molecular flexibility index (Phi) is 10.4. The number of benzene rings is 1. The maximum atomic E-state index is 12.7. The van der Waals surface area contributed by atoms with Crippen molar-refractivity contribution in [3.05, 3.63) is 29.8 Å². The average molecular weight is 471 g/mol. The number of carboxylic acids is 2. The van der Waals surface area contributed by atoms with E-state index in [9.17, 15) is 29.1 Å². The minimum Gasteiger partial charge on any atom is -0.508 e. The number of amides is 3. The van der Waals surface area contributed by atoms with E-state index in [-0.39, 0.29) is 17.9 Å². The van der Waals surface area contributed by atoms with Crippen molar-refractivity contribution >= 4 is 42.3 Å². The number of hydrogen-bond donors (Lipinski definition) is 8. The molecule has 0 aliphatic heterocycles. The van der Waals surface area contributed by atoms with E-state index in [4.69, 9.17) is 15.9 Å². The molecular weight excluding hydrogens is 444 g/mol. The molecule has 4 unspecified atom stereocenters. The number of hydrogen-bond acceptors (Lipinski definition) is 8. The highest BCUT2D eigenvalue weighted by atomic mass is 32.1. The molecule has 0 spiro atoms. The van der Waals surface area contributed by atoms with Gasteiger partial charge in [0.15, 0.2) is 0 Å². The van der Waals surface area contributed by atoms with Gasteiger partial charge in [-0.25, -0.2) is 4.79 Å². The summed E-state index contributed by atoms with van der Waals surface area (Å²) in [7, 11) is 0. The highest BCUT2D eigenvalue weighted by molar-refractivity contribution is 7.80. The summed E-state index contributed by atoms with van der Waals surface area (Å²) in [6.45, 7) is 1.31. The van der Waals surface area contributed by atoms with Gasteiger partial charge >= 0.3 is 11.9 Å². The Balaban J connectivity index is 2.93. The zero-order chi connectivity index (χ0) is 24.4. The van der Waals surface area contributed by atoms with Crippen LogP contribution in [-0.2, 0) is 30.4 Å². The maximum Gasteiger partial charge on any atom is 0.327 e. The molecule has 32 heavy (non-hydrogen) atoms. The molecule has 0 saturated carbocycles. The van der Waals surface area contributed by atoms with Gasteiger partial charge in [-0.15, -0.1) is 0 Å². The molecule has 1 rings (SSSR count). The molecule has 0 saturated heterocycles. The number of phenolic OH excluding ortho intramolecular Hbond substituents is 1. The lowest BCUT2D eigenvalue weighted by molar-refractivity contribution is -0.141. The number of phenols is 1. The van der Waals surface area contributed by atoms with Crippen molar-refractivity contribution in [3.63, 3.8) is 0 Å². The Bertz CT molecular complexity index is 848. The van der Waals surface area contributed by atoms with Gasteiger partial charge < -0.3 is 37.0 Å². The van der Waals surface area contributed by atoms with Gasteiger partial charge in [0.2, 0.25) is 17.7 Å². The number of aromatic hydroxyl groups is 1. The summed E-state index contributed by atoms with van der Waals surface area (Å²) in [5.41, 5.74) is 6.01. The molecule has 0 radical (unpaired) electrons. The quantitative estimate of drug-likeness (QED) is 0.162. The first kappa shape index (κ1) is 26.7. The lowest BCUT2D eigenvalue weighted by Crippen LogP contribution is -2.57. The number of carboxylic acid groups (broad SMARTS) is 2. The topological polar surface area (TPSA) is 208 Å². The van der Waals surface area contributed by atoms with Crippen LogP contribution in [0.25, 0.3) is 0 Å². The Labute approximate surface area is 189 Å². The number of carbonyl (C=O) groups excluding carboxylic acids is 3. The first-order chi connectivity index (χ1) is 14.9. The van der Waals surface area contributed by atoms with Crippen LogP contribution in [0.2, 0.25) is 0 Å². The molecule has 0 aromatic heterocycles. The van der Waals surface area contributed by atoms with E-state index in [1.807, 2.05) is 0 Å². The molecule has 4 atom stereocenters. The second kappa shape index (κ2) is 12.5. The minimum absolute atomic E-state index is 0.00571. The van der Waals surface area contributed by atoms with Crippen LogP contribution < -0.4 is 21.7 Å². The van der Waals surface area contributed by atoms with E-state index in [2.05, 4.69) is 28.6 Å². The van der Waals surface area contributed by atoms with Gasteiger partial charge in [0.1, 0.15) is 23.9 Å². The second-order valence-corrected chi connectivity index (χ2v) is 7.31. The van der Waals surface area contributed by atoms with Crippen molar-refractivity contribution in [1.82, 2.24) is 16.0 Å². The first-order valence-corrected chi connectivity index (χ1v) is 10.1. The van der Waals surface area contributed by atoms with Crippen LogP contribution in [0, 0.1) is 0 Å². The van der Waals surface area contributed by atoms with Crippen molar-refractivity contribution in [1.29, 1.82) is 0 Å². The van der Waals surface area contributed by atoms with E-state index in [1.165, 1.54) is 31.2 Å². The molecule has 176 valence electrons. The van der Waals surface area contributed by atoms with Crippen LogP contribution in [0.15, 0.2) is 24.3 Å². The first-order valence-electron chi connectivity index (χ1n) is 9.44. The number of thiol groups is 1. The molecular formula is C19H26N4O8S. The summed E-state index contributed by atoms with van der Waals surface area (Å²) in [4.78, 5) is 59.0. The van der Waals surface area contributed by atoms with E-state index >= 15 is 0 Å². The molecule has 0 heterocycles. The number of aliphatic carboxylic acids is 2. The standard InChI is InChI=1S/C19H26N4O8S/c1-9(21-17(28)12(20)7-15(25)26)16(27)22-13(6-10-2-4-11(24)5-3-10)18(29)23-14(8-32)19(30)31/h2-5,9,12-14,24,32H,6-8,20H2,1H3,(H,21,28)(H,22,27)(H,23,29)(H,25,26)(H,30,31). The van der Waals surface area contributed by atoms with Crippen molar-refractivity contribution in [2.24, 2.45) is 5.73 Å². The number of rotatable bonds is 12. The zero-order valence-electron chi connectivity index (χ0n) is 17.1. The van der Waals surface area contributed by atoms with Crippen molar-refractivity contribution in [2.75, 3.05) is 5.75 Å². The largest absolute Gasteiger partial charge is 0.508 e. The van der Waals surface area contributed by atoms with Gasteiger partial charge in [-0.1, -0.05) is 12.1 Å². The summed E-state index contributed by atoms with van der Waals surface area (Å²) in [5, 5.41) is 34.2. The molecule has 0 aliphatic rings. The fraction of sp³-hybridized carbons (Fsp3) is 0.421. The smallest absolute Gasteiger partial charge is 0.327 e. The van der Waals surface area contributed by atoms with Crippen LogP contribution in [0.5, 0.6) is 5.75 Å². The molecule has 12 nitrogen and oxygen atoms in total. The number of carbonyl (C=O) groups is 5. The van der Waals surface area contributed by atoms with Crippen molar-refractivity contribution in [2.45, 2.75) is 43.9 Å². The van der Waals surface area contributed by atoms with E-state index < -0.39 is 60.2 Å². The number of nitrogens with two attached hydrogens (primary N) is 1. The Hall–Kier alpha value is -3.32. The third-order valence-corrected chi connectivity index (χ3v) is 4.65. The van der Waals surface area contributed by atoms with Gasteiger partial charge in [-0.05, 0) is 24.6 Å². The molecule has 1 aromatic rings. The van der Waals surface area contributed by atoms with Crippen LogP contribution in [0.3, 0.4) is 0 Å². The average Bonchev–Trinajstić information content (AvgIpc) is 2.71. The monoisotopic (exact) mass is 470 g/mol. The molecule has 0 bridgehead atoms. The van der Waals surface area contributed by atoms with Gasteiger partial charge in [0.25, 0.3) is 0 Å². The Morgan fingerprint density at radius 2 is 1.50 bits per heavy atom. The van der Waals surface area contributed by atoms with Crippen LogP contribution in [0.4, 0.5) is 0 Å². The lowest BCUT2D eigenvalue weighted by Gasteiger charge is -2.23. The lowest BCUT2D eigenvalue weighted by atomic mass is 10.0. The minimum atomic E-state index is -1.37. The SMILES string of the molecule is CC(NC(=O)C(N)CC(=O)O)C(=O)NC(Cc1ccc(O)cc1)C(=O)NC(CS)C(=O)O. The predicted molar refractivity (Wildman–Crippen MR) is 115 cm³/mol. The molecule has 8 N–H and O–H groups in total. The van der Waals surface area contributed by atoms with Crippen LogP contribution >= 0.6 is 12.6 Å². The fourth-order valence-electron chi connectivity index (χ4n) is 2.50. The Morgan fingerprint density at radius 1 is 0.938 bits per heavy atom. The second-order valence-electron chi connectivity index (χ2n) is 6.95. The molecule has 1 aromatic carbocycles. The molecule has 3 amide bonds. The van der Waals surface area contributed by atoms with Gasteiger partial charge in [0, 0.05) is 12.2 Å². The van der Waals surface area contributed by atoms with Gasteiger partial charge in [0.05, 0.1) is 12.5 Å². The Morgan fingerprint density at radius 3 is 2.00 bits per heavy atom. The zero-order valence-corrected chi connectivity index (χ0v) is 18.0. The highest BCUT2D eigenvalue weighted by Gasteiger charge is 2.29. The summed E-state index contributed by atoms with van der Waals surface area (Å²) < 4.78 is 0. The van der Waals surface area contributed by atoms with Crippen LogP contribution in [0.1, 0.15) is 18.9 Å². The third-order valence-electron chi connectivity index (χ3n) is 4.29. The third kappa shape index (κ3) is 8.81. The van der Waals surface area contributed by atoms with Crippen molar-refractivity contribution in [3.8, 4) is 5.75 Å². The summed E-state index contributed by atoms with van der Waals surface area (Å²) in [6.07, 6.45) is -0.678. The summed E-state index contributed by atoms with van der Waals surface area (Å²) in [6, 6.07) is 0.746. The van der Waals surface area contributed by atoms with Gasteiger partial charge in [-0.3, -0.25) is 19.2 Å². The fourth-order valence-corrected chi connectivity index (χ4v) is 2.75. The molecule has 0 aliphatic carbocycles. The van der Waals surface area contributed by atoms with Crippen LogP contribution in [-0.4, -0.2) is 74.9 Å². The summed E-state index contributed by atoms with van der Waals surface area (Å²) >= 11 is 3.88. The van der Waals surface area contributed by atoms with E-state index in [0.29, 0.717) is 5.56 Å². The van der Waals surface area contributed by atoms with E-state index in [0.717, 1.165) is 0 Å². The molecule has 13 heteroatoms. The van der Waals surface area contributed by atoms with E-state index in [1.54, 1.807) is 0 Å². The van der Waals surface area contributed by atoms with Gasteiger partial charge in [-0.2, -0.15) is 12.6 Å². The summed E-state index contributed by atoms with van der Waals surface area (Å²) in [5.74, 6) is -5.23. The normalized spacial score (nSPS) is 14.3. The predicted octanol–water partition coefficient (Wildman–Crippen LogP) is -1.77.